The summed E-state index contributed by atoms with van der Waals surface area (Å²) in [6, 6.07) is 0. The highest BCUT2D eigenvalue weighted by Crippen LogP contribution is 1.76. The Morgan fingerprint density at radius 1 is 1.30 bits per heavy atom. The number of hydrogen-bond donors (Lipinski definition) is 0. The van der Waals surface area contributed by atoms with Crippen LogP contribution < -0.4 is 0 Å². The molecule has 0 unspecified atom stereocenters. The van der Waals surface area contributed by atoms with Crippen molar-refractivity contribution in [2.45, 2.75) is 13.8 Å². The molecule has 0 N–H and O–H groups in total. The van der Waals surface area contributed by atoms with E-state index in [2.05, 4.69) is 9.39 Å². The number of carbonyl (C=O) groups is 2. The zero-order valence-electron chi connectivity index (χ0n) is 5.92. The van der Waals surface area contributed by atoms with Crippen LogP contribution in [0.4, 0.5) is 0 Å². The van der Waals surface area contributed by atoms with Crippen molar-refractivity contribution >= 4 is 19.4 Å². The predicted molar refractivity (Wildman–Crippen MR) is 34.2 cm³/mol. The van der Waals surface area contributed by atoms with Crippen LogP contribution in [0, 0.1) is 0 Å². The maximum atomic E-state index is 10.1. The van der Waals surface area contributed by atoms with E-state index >= 15 is 0 Å². The quantitative estimate of drug-likeness (QED) is 0.309. The van der Waals surface area contributed by atoms with Gasteiger partial charge in [-0.25, -0.2) is 0 Å². The van der Waals surface area contributed by atoms with Crippen molar-refractivity contribution in [3.8, 4) is 0 Å². The van der Waals surface area contributed by atoms with Crippen LogP contribution in [0.25, 0.3) is 0 Å². The second kappa shape index (κ2) is 4.84. The molecule has 1 radical (unpaired) electrons. The van der Waals surface area contributed by atoms with Gasteiger partial charge in [-0.1, -0.05) is 0 Å². The van der Waals surface area contributed by atoms with Gasteiger partial charge in [0.25, 0.3) is 5.97 Å². The Morgan fingerprint density at radius 2 is 1.90 bits per heavy atom. The number of carbonyl (C=O) groups excluding carboxylic acids is 2. The van der Waals surface area contributed by atoms with Crippen LogP contribution >= 0.6 is 0 Å². The third-order valence-electron chi connectivity index (χ3n) is 0.604. The molecule has 4 nitrogen and oxygen atoms in total. The highest BCUT2D eigenvalue weighted by atomic mass is 16.5. The zero-order chi connectivity index (χ0) is 7.98. The van der Waals surface area contributed by atoms with Gasteiger partial charge in [-0.05, 0) is 0 Å². The van der Waals surface area contributed by atoms with Crippen molar-refractivity contribution in [1.29, 1.82) is 0 Å². The van der Waals surface area contributed by atoms with Crippen molar-refractivity contribution in [2.24, 2.45) is 0 Å². The molecule has 10 heavy (non-hydrogen) atoms. The number of ether oxygens (including phenoxy) is 1. The first-order valence-corrected chi connectivity index (χ1v) is 2.75. The zero-order valence-corrected chi connectivity index (χ0v) is 5.92. The molecule has 0 aromatic heterocycles. The molecular weight excluding hydrogens is 135 g/mol. The van der Waals surface area contributed by atoms with Gasteiger partial charge >= 0.3 is 13.5 Å². The molecule has 0 rings (SSSR count). The van der Waals surface area contributed by atoms with E-state index < -0.39 is 11.9 Å². The van der Waals surface area contributed by atoms with Crippen molar-refractivity contribution in [2.75, 3.05) is 6.51 Å². The Balaban J connectivity index is 3.06. The van der Waals surface area contributed by atoms with Gasteiger partial charge in [0.05, 0.1) is 0 Å². The molecule has 0 fully saturated rings. The van der Waals surface area contributed by atoms with Crippen molar-refractivity contribution < 1.29 is 19.0 Å². The largest absolute Gasteiger partial charge is 0.535 e. The minimum absolute atomic E-state index is 0.00884. The first-order valence-electron chi connectivity index (χ1n) is 2.75. The molecular formula is C5H8BO4. The van der Waals surface area contributed by atoms with Gasteiger partial charge < -0.3 is 9.39 Å². The smallest absolute Gasteiger partial charge is 0.414 e. The fourth-order valence-electron chi connectivity index (χ4n) is 0.303. The minimum atomic E-state index is -0.424. The van der Waals surface area contributed by atoms with Crippen LogP contribution in [0.5, 0.6) is 0 Å². The number of esters is 1. The van der Waals surface area contributed by atoms with E-state index in [9.17, 15) is 9.59 Å². The molecule has 5 heteroatoms. The van der Waals surface area contributed by atoms with Gasteiger partial charge in [0, 0.05) is 13.8 Å². The normalized spacial score (nSPS) is 8.20. The average molecular weight is 143 g/mol. The van der Waals surface area contributed by atoms with E-state index in [1.807, 2.05) is 0 Å². The molecule has 0 aliphatic heterocycles. The Hall–Kier alpha value is -0.995. The lowest BCUT2D eigenvalue weighted by atomic mass is 10.1. The molecule has 0 spiro atoms. The van der Waals surface area contributed by atoms with Crippen molar-refractivity contribution in [1.82, 2.24) is 0 Å². The highest BCUT2D eigenvalue weighted by molar-refractivity contribution is 6.30. The lowest BCUT2D eigenvalue weighted by Crippen LogP contribution is -2.13. The topological polar surface area (TPSA) is 52.6 Å². The van der Waals surface area contributed by atoms with Gasteiger partial charge in [0.15, 0.2) is 0 Å². The molecule has 0 aromatic rings. The molecule has 0 atom stereocenters. The van der Waals surface area contributed by atoms with Gasteiger partial charge in [-0.15, -0.1) is 0 Å². The molecule has 0 saturated carbocycles. The fraction of sp³-hybridized carbons (Fsp3) is 0.600. The molecule has 0 heterocycles. The highest BCUT2D eigenvalue weighted by Gasteiger charge is 1.98. The average Bonchev–Trinajstić information content (AvgIpc) is 1.79. The van der Waals surface area contributed by atoms with E-state index in [0.717, 1.165) is 7.48 Å². The van der Waals surface area contributed by atoms with Crippen LogP contribution in [0.3, 0.4) is 0 Å². The van der Waals surface area contributed by atoms with E-state index in [1.165, 1.54) is 13.8 Å². The molecule has 0 aliphatic rings. The molecule has 0 aromatic carbocycles. The van der Waals surface area contributed by atoms with Crippen LogP contribution in [0.15, 0.2) is 0 Å². The monoisotopic (exact) mass is 143 g/mol. The Labute approximate surface area is 59.8 Å². The lowest BCUT2D eigenvalue weighted by Gasteiger charge is -1.98. The molecule has 0 aliphatic carbocycles. The summed E-state index contributed by atoms with van der Waals surface area (Å²) in [5, 5.41) is 0. The summed E-state index contributed by atoms with van der Waals surface area (Å²) in [5.41, 5.74) is 0. The third kappa shape index (κ3) is 7.00. The first-order chi connectivity index (χ1) is 4.63. The lowest BCUT2D eigenvalue weighted by molar-refractivity contribution is -0.140. The van der Waals surface area contributed by atoms with E-state index in [-0.39, 0.29) is 6.51 Å². The maximum absolute atomic E-state index is 10.1. The Kier molecular flexibility index (Phi) is 4.36. The van der Waals surface area contributed by atoms with Crippen LogP contribution in [0.1, 0.15) is 13.8 Å². The molecule has 55 valence electrons. The van der Waals surface area contributed by atoms with Gasteiger partial charge in [-0.2, -0.15) is 0 Å². The van der Waals surface area contributed by atoms with E-state index in [4.69, 9.17) is 0 Å². The van der Waals surface area contributed by atoms with Gasteiger partial charge in [-0.3, -0.25) is 9.59 Å². The molecule has 0 bridgehead atoms. The maximum Gasteiger partial charge on any atom is 0.414 e. The fourth-order valence-corrected chi connectivity index (χ4v) is 0.303. The Bertz CT molecular complexity index is 118. The van der Waals surface area contributed by atoms with E-state index in [1.54, 1.807) is 0 Å². The summed E-state index contributed by atoms with van der Waals surface area (Å²) in [6.07, 6.45) is 0. The summed E-state index contributed by atoms with van der Waals surface area (Å²) >= 11 is 0. The predicted octanol–water partition coefficient (Wildman–Crippen LogP) is -0.311. The summed E-state index contributed by atoms with van der Waals surface area (Å²) in [4.78, 5) is 20.2. The van der Waals surface area contributed by atoms with E-state index in [0.29, 0.717) is 0 Å². The van der Waals surface area contributed by atoms with Crippen molar-refractivity contribution in [3.63, 3.8) is 0 Å². The molecule has 0 saturated heterocycles. The number of hydrogen-bond acceptors (Lipinski definition) is 4. The molecule has 0 amide bonds. The summed E-state index contributed by atoms with van der Waals surface area (Å²) in [5.74, 6) is -0.824. The van der Waals surface area contributed by atoms with Crippen LogP contribution in [-0.4, -0.2) is 25.9 Å². The minimum Gasteiger partial charge on any atom is -0.535 e. The van der Waals surface area contributed by atoms with Gasteiger partial charge in [0.2, 0.25) is 0 Å². The Morgan fingerprint density at radius 3 is 2.30 bits per heavy atom. The number of rotatable bonds is 3. The van der Waals surface area contributed by atoms with Crippen LogP contribution in [0.2, 0.25) is 0 Å². The van der Waals surface area contributed by atoms with Crippen molar-refractivity contribution in [3.05, 3.63) is 0 Å². The summed E-state index contributed by atoms with van der Waals surface area (Å²) in [6.45, 7) is 2.56. The van der Waals surface area contributed by atoms with Gasteiger partial charge in [0.1, 0.15) is 6.51 Å². The summed E-state index contributed by atoms with van der Waals surface area (Å²) < 4.78 is 8.77. The summed E-state index contributed by atoms with van der Waals surface area (Å²) in [7, 11) is 1.13. The van der Waals surface area contributed by atoms with Crippen LogP contribution in [-0.2, 0) is 19.0 Å². The SMILES string of the molecule is CC(=O)O[B]COC(C)=O. The second-order valence-electron chi connectivity index (χ2n) is 1.58. The standard InChI is InChI=1S/C5H8BO4/c1-4(7)9-3-6-10-5(2)8/h3H2,1-2H3. The first kappa shape index (κ1) is 9.00. The third-order valence-corrected chi connectivity index (χ3v) is 0.604. The second-order valence-corrected chi connectivity index (χ2v) is 1.58.